The van der Waals surface area contributed by atoms with Crippen LogP contribution in [0.1, 0.15) is 88.1 Å². The molecule has 4 heterocycles. The van der Waals surface area contributed by atoms with Crippen molar-refractivity contribution in [2.45, 2.75) is 146 Å². The number of aliphatic hydroxyl groups is 1. The quantitative estimate of drug-likeness (QED) is 0.0131. The van der Waals surface area contributed by atoms with Crippen LogP contribution in [0.3, 0.4) is 0 Å². The number of benzene rings is 4. The van der Waals surface area contributed by atoms with Gasteiger partial charge in [-0.15, -0.1) is 0 Å². The zero-order chi connectivity index (χ0) is 70.4. The number of nitrogens with one attached hydrogen (secondary N) is 12. The summed E-state index contributed by atoms with van der Waals surface area (Å²) in [6, 6.07) is 13.6. The number of aromatic hydroxyl groups is 1. The molecule has 9 atom stereocenters. The Hall–Kier alpha value is -10.9. The van der Waals surface area contributed by atoms with Crippen molar-refractivity contribution in [1.29, 1.82) is 0 Å². The first-order chi connectivity index (χ1) is 47.0. The average Bonchev–Trinajstić information content (AvgIpc) is 1.45. The third-order valence-corrected chi connectivity index (χ3v) is 16.9. The molecule has 0 spiro atoms. The summed E-state index contributed by atoms with van der Waals surface area (Å²) in [5.41, 5.74) is 13.9. The lowest BCUT2D eigenvalue weighted by atomic mass is 9.98. The second-order valence-corrected chi connectivity index (χ2v) is 24.8. The average molecular weight is 1350 g/mol. The summed E-state index contributed by atoms with van der Waals surface area (Å²) >= 11 is 0. The number of aliphatic imine (C=N–C) groups is 1. The van der Waals surface area contributed by atoms with Gasteiger partial charge < -0.3 is 89.7 Å². The van der Waals surface area contributed by atoms with Gasteiger partial charge in [-0.05, 0) is 97.0 Å². The molecular weight excluding hydrogens is 1260 g/mol. The van der Waals surface area contributed by atoms with Crippen molar-refractivity contribution in [3.05, 3.63) is 132 Å². The third-order valence-electron chi connectivity index (χ3n) is 16.9. The van der Waals surface area contributed by atoms with Crippen molar-refractivity contribution in [3.63, 3.8) is 0 Å². The van der Waals surface area contributed by atoms with Gasteiger partial charge in [0.15, 0.2) is 5.96 Å². The molecule has 18 N–H and O–H groups in total. The minimum absolute atomic E-state index is 0.00387. The summed E-state index contributed by atoms with van der Waals surface area (Å²) in [7, 11) is 0. The van der Waals surface area contributed by atoms with E-state index in [0.29, 0.717) is 46.3 Å². The van der Waals surface area contributed by atoms with Gasteiger partial charge in [-0.2, -0.15) is 0 Å². The SMILES string of the molecule is CCNC(=O)CNC(=O)[C@@H]1CCCN1C(=O)[C@H](CCCN=C(N)N)NC(=O)[C@H](CC(C)C)NC(=O)[C@@H](Cc1ccc2ccccc2c1)NC(=O)[C@H](Cc1ccc(O)cc1)NC(=O)[C@H](CO)NC(=O)[C@H](Cc1c[nH]c2ccccc12)NC(=O)[C@H](Cc1cnc[nH]1)NC(=O)[C@@H]1CCC(=O)N1. The fourth-order valence-corrected chi connectivity index (χ4v) is 11.9. The van der Waals surface area contributed by atoms with Crippen LogP contribution in [0, 0.1) is 5.92 Å². The van der Waals surface area contributed by atoms with Gasteiger partial charge in [0.05, 0.1) is 19.5 Å². The predicted molar refractivity (Wildman–Crippen MR) is 361 cm³/mol. The topological polar surface area (TPSA) is 461 Å². The van der Waals surface area contributed by atoms with Gasteiger partial charge in [-0.3, -0.25) is 57.7 Å². The number of likely N-dealkylation sites (N-methyl/N-ethyl adjacent to an activating group) is 1. The number of carbonyl (C=O) groups excluding carboxylic acids is 11. The molecule has 2 aliphatic heterocycles. The number of hydrogen-bond acceptors (Lipinski definition) is 15. The van der Waals surface area contributed by atoms with Crippen LogP contribution < -0.4 is 64.6 Å². The molecule has 30 nitrogen and oxygen atoms in total. The van der Waals surface area contributed by atoms with E-state index in [4.69, 9.17) is 11.5 Å². The number of phenolic OH excluding ortho intramolecular Hbond substituents is 1. The fourth-order valence-electron chi connectivity index (χ4n) is 11.9. The highest BCUT2D eigenvalue weighted by Crippen LogP contribution is 2.23. The number of phenols is 1. The van der Waals surface area contributed by atoms with Crippen molar-refractivity contribution in [3.8, 4) is 5.75 Å². The molecule has 30 heteroatoms. The number of carbonyl (C=O) groups is 11. The zero-order valence-corrected chi connectivity index (χ0v) is 54.9. The smallest absolute Gasteiger partial charge is 0.245 e. The standard InChI is InChI=1S/C68H87N17O13/c1-4-72-58(89)35-75-66(97)56-16-10-26-85(56)67(98)49(15-9-25-73-68(69)70)78-60(91)50(27-38(2)3)79-62(93)52(30-40-17-20-41-11-5-6-12-42(41)28-40)80-61(92)51(29-39-18-21-45(87)22-19-39)81-65(96)55(36-86)84-63(94)53(31-43-33-74-47-14-8-7-13-46(43)47)82-64(95)54(32-44-34-71-37-76-44)83-59(90)48-23-24-57(88)77-48/h5-8,11-14,17-22,28,33-34,37-38,48-56,74,86-87H,4,9-10,15-16,23-27,29-32,35-36H2,1-3H3,(H,71,76)(H,72,89)(H,75,97)(H,77,88)(H,78,91)(H,79,93)(H,80,92)(H,81,96)(H,82,95)(H,83,90)(H,84,94)(H4,69,70,73)/t48-,49-,50-,51-,52+,53-,54-,55-,56-/m0/s1. The molecule has 0 bridgehead atoms. The van der Waals surface area contributed by atoms with E-state index in [2.05, 4.69) is 73.1 Å². The molecule has 0 unspecified atom stereocenters. The number of guanidine groups is 1. The zero-order valence-electron chi connectivity index (χ0n) is 54.9. The Kier molecular flexibility index (Phi) is 26.2. The Balaban J connectivity index is 1.05. The minimum atomic E-state index is -1.80. The van der Waals surface area contributed by atoms with Gasteiger partial charge in [0.2, 0.25) is 65.0 Å². The number of hydrogen-bond donors (Lipinski definition) is 16. The molecule has 0 aliphatic carbocycles. The van der Waals surface area contributed by atoms with E-state index in [-0.39, 0.29) is 107 Å². The van der Waals surface area contributed by atoms with Gasteiger partial charge >= 0.3 is 0 Å². The Labute approximate surface area is 565 Å². The molecular formula is C68H87N17O13. The lowest BCUT2D eigenvalue weighted by molar-refractivity contribution is -0.142. The van der Waals surface area contributed by atoms with Gasteiger partial charge in [-0.1, -0.05) is 86.6 Å². The first-order valence-electron chi connectivity index (χ1n) is 32.8. The number of imidazole rings is 1. The highest BCUT2D eigenvalue weighted by molar-refractivity contribution is 6.00. The Morgan fingerprint density at radius 1 is 0.663 bits per heavy atom. The molecule has 11 amide bonds. The van der Waals surface area contributed by atoms with E-state index >= 15 is 9.59 Å². The van der Waals surface area contributed by atoms with Crippen LogP contribution in [0.2, 0.25) is 0 Å². The number of para-hydroxylation sites is 1. The molecule has 2 fully saturated rings. The van der Waals surface area contributed by atoms with E-state index in [1.165, 1.54) is 41.7 Å². The molecule has 0 saturated carbocycles. The molecule has 0 radical (unpaired) electrons. The van der Waals surface area contributed by atoms with Gasteiger partial charge in [0.1, 0.15) is 60.1 Å². The van der Waals surface area contributed by atoms with Gasteiger partial charge in [0, 0.05) is 80.7 Å². The number of fused-ring (bicyclic) bond motifs is 2. The van der Waals surface area contributed by atoms with Crippen molar-refractivity contribution in [2.75, 3.05) is 32.8 Å². The maximum atomic E-state index is 15.2. The normalized spacial score (nSPS) is 16.4. The van der Waals surface area contributed by atoms with Crippen molar-refractivity contribution in [2.24, 2.45) is 22.4 Å². The Morgan fingerprint density at radius 2 is 1.27 bits per heavy atom. The summed E-state index contributed by atoms with van der Waals surface area (Å²) in [6.07, 6.45) is 4.98. The Morgan fingerprint density at radius 3 is 1.91 bits per heavy atom. The highest BCUT2D eigenvalue weighted by atomic mass is 16.3. The van der Waals surface area contributed by atoms with E-state index in [1.807, 2.05) is 56.3 Å². The largest absolute Gasteiger partial charge is 0.508 e. The molecule has 2 aromatic heterocycles. The minimum Gasteiger partial charge on any atom is -0.508 e. The maximum Gasteiger partial charge on any atom is 0.245 e. The van der Waals surface area contributed by atoms with Crippen LogP contribution in [0.25, 0.3) is 21.7 Å². The number of amides is 11. The van der Waals surface area contributed by atoms with Gasteiger partial charge in [-0.25, -0.2) is 4.98 Å². The number of rotatable bonds is 34. The molecule has 8 rings (SSSR count). The summed E-state index contributed by atoms with van der Waals surface area (Å²) in [5, 5.41) is 50.4. The van der Waals surface area contributed by atoms with Crippen molar-refractivity contribution >= 4 is 92.6 Å². The van der Waals surface area contributed by atoms with Crippen LogP contribution in [0.15, 0.2) is 115 Å². The Bertz CT molecular complexity index is 3840. The number of aliphatic hydroxyl groups excluding tert-OH is 1. The number of likely N-dealkylation sites (tertiary alicyclic amines) is 1. The van der Waals surface area contributed by atoms with Crippen molar-refractivity contribution < 1.29 is 63.0 Å². The van der Waals surface area contributed by atoms with Crippen LogP contribution in [-0.2, 0) is 78.4 Å². The van der Waals surface area contributed by atoms with Crippen molar-refractivity contribution in [1.82, 2.24) is 73.0 Å². The summed E-state index contributed by atoms with van der Waals surface area (Å²) in [5.74, 6) is -8.51. The van der Waals surface area contributed by atoms with E-state index in [0.717, 1.165) is 10.8 Å². The van der Waals surface area contributed by atoms with E-state index < -0.39 is 120 Å². The third kappa shape index (κ3) is 20.8. The molecule has 522 valence electrons. The second kappa shape index (κ2) is 35.2. The first-order valence-corrected chi connectivity index (χ1v) is 32.8. The summed E-state index contributed by atoms with van der Waals surface area (Å²) in [6.45, 7) is 4.61. The van der Waals surface area contributed by atoms with E-state index in [1.54, 1.807) is 37.4 Å². The second-order valence-electron chi connectivity index (χ2n) is 24.8. The monoisotopic (exact) mass is 1350 g/mol. The molecule has 6 aromatic rings. The van der Waals surface area contributed by atoms with E-state index in [9.17, 15) is 53.4 Å². The van der Waals surface area contributed by atoms with Crippen LogP contribution in [-0.4, -0.2) is 188 Å². The molecule has 98 heavy (non-hydrogen) atoms. The lowest BCUT2D eigenvalue weighted by Crippen LogP contribution is -2.61. The first kappa shape index (κ1) is 72.9. The highest BCUT2D eigenvalue weighted by Gasteiger charge is 2.40. The maximum absolute atomic E-state index is 15.2. The number of nitrogens with two attached hydrogens (primary N) is 2. The van der Waals surface area contributed by atoms with Crippen LogP contribution >= 0.6 is 0 Å². The molecule has 4 aromatic carbocycles. The molecule has 2 saturated heterocycles. The lowest BCUT2D eigenvalue weighted by Gasteiger charge is -2.30. The van der Waals surface area contributed by atoms with Gasteiger partial charge in [0.25, 0.3) is 0 Å². The predicted octanol–water partition coefficient (Wildman–Crippen LogP) is -0.972. The molecule has 2 aliphatic rings. The number of H-pyrrole nitrogens is 2. The summed E-state index contributed by atoms with van der Waals surface area (Å²) in [4.78, 5) is 170. The number of aromatic amines is 2. The van der Waals surface area contributed by atoms with Crippen LogP contribution in [0.5, 0.6) is 5.75 Å². The summed E-state index contributed by atoms with van der Waals surface area (Å²) < 4.78 is 0. The fraction of sp³-hybridized carbons (Fsp3) is 0.426. The number of nitrogens with zero attached hydrogens (tertiary/aromatic N) is 3. The number of aromatic nitrogens is 3. The van der Waals surface area contributed by atoms with Crippen LogP contribution in [0.4, 0.5) is 0 Å².